The molecule has 2 N–H and O–H groups in total. The van der Waals surface area contributed by atoms with Gasteiger partial charge in [-0.05, 0) is 45.2 Å². The van der Waals surface area contributed by atoms with Crippen LogP contribution in [0.2, 0.25) is 0 Å². The van der Waals surface area contributed by atoms with E-state index in [0.29, 0.717) is 5.96 Å². The number of likely N-dealkylation sites (tertiary alicyclic amines) is 1. The average molecular weight is 322 g/mol. The molecule has 1 aromatic rings. The van der Waals surface area contributed by atoms with E-state index in [9.17, 15) is 4.79 Å². The van der Waals surface area contributed by atoms with E-state index in [2.05, 4.69) is 34.7 Å². The first kappa shape index (κ1) is 16.8. The first-order valence-corrected chi connectivity index (χ1v) is 8.86. The Hall–Kier alpha value is -1.56. The second-order valence-electron chi connectivity index (χ2n) is 5.50. The van der Waals surface area contributed by atoms with Gasteiger partial charge in [0.25, 0.3) is 0 Å². The van der Waals surface area contributed by atoms with Crippen LogP contribution >= 0.6 is 11.3 Å². The van der Waals surface area contributed by atoms with E-state index < -0.39 is 0 Å². The van der Waals surface area contributed by atoms with Crippen LogP contribution in [0.3, 0.4) is 0 Å². The fraction of sp³-hybridized carbons (Fsp3) is 0.625. The van der Waals surface area contributed by atoms with Gasteiger partial charge >= 0.3 is 0 Å². The zero-order chi connectivity index (χ0) is 15.8. The van der Waals surface area contributed by atoms with Crippen molar-refractivity contribution in [3.05, 3.63) is 21.9 Å². The molecule has 0 radical (unpaired) electrons. The predicted octanol–water partition coefficient (Wildman–Crippen LogP) is 2.12. The molecule has 22 heavy (non-hydrogen) atoms. The summed E-state index contributed by atoms with van der Waals surface area (Å²) < 4.78 is 0. The monoisotopic (exact) mass is 322 g/mol. The summed E-state index contributed by atoms with van der Waals surface area (Å²) in [5, 5.41) is 6.48. The molecule has 0 aliphatic carbocycles. The van der Waals surface area contributed by atoms with Crippen LogP contribution in [-0.2, 0) is 11.3 Å². The Labute approximate surface area is 136 Å². The molecule has 0 unspecified atom stereocenters. The van der Waals surface area contributed by atoms with Gasteiger partial charge in [0.1, 0.15) is 6.54 Å². The highest BCUT2D eigenvalue weighted by molar-refractivity contribution is 7.11. The van der Waals surface area contributed by atoms with E-state index >= 15 is 0 Å². The van der Waals surface area contributed by atoms with Gasteiger partial charge in [0, 0.05) is 29.4 Å². The number of piperidine rings is 1. The molecule has 2 heterocycles. The molecule has 2 rings (SSSR count). The van der Waals surface area contributed by atoms with Crippen LogP contribution in [0.15, 0.2) is 17.1 Å². The fourth-order valence-corrected chi connectivity index (χ4v) is 3.31. The minimum absolute atomic E-state index is 0.129. The number of nitrogens with one attached hydrogen (secondary N) is 2. The third-order valence-corrected chi connectivity index (χ3v) is 4.65. The van der Waals surface area contributed by atoms with E-state index in [1.807, 2.05) is 11.8 Å². The SMILES string of the molecule is CCNC(=NCC(=O)N1CCCCC1)NCc1ccc(C)s1. The van der Waals surface area contributed by atoms with Crippen LogP contribution in [0.25, 0.3) is 0 Å². The highest BCUT2D eigenvalue weighted by atomic mass is 32.1. The van der Waals surface area contributed by atoms with E-state index in [1.165, 1.54) is 16.2 Å². The number of rotatable bonds is 5. The molecule has 5 nitrogen and oxygen atoms in total. The fourth-order valence-electron chi connectivity index (χ4n) is 2.48. The molecule has 0 saturated carbocycles. The normalized spacial score (nSPS) is 15.7. The van der Waals surface area contributed by atoms with Gasteiger partial charge in [-0.15, -0.1) is 11.3 Å². The van der Waals surface area contributed by atoms with E-state index in [4.69, 9.17) is 0 Å². The Kier molecular flexibility index (Phi) is 6.71. The predicted molar refractivity (Wildman–Crippen MR) is 92.3 cm³/mol. The number of amides is 1. The largest absolute Gasteiger partial charge is 0.357 e. The van der Waals surface area contributed by atoms with E-state index in [-0.39, 0.29) is 12.5 Å². The first-order chi connectivity index (χ1) is 10.7. The molecule has 0 bridgehead atoms. The summed E-state index contributed by atoms with van der Waals surface area (Å²) in [6.45, 7) is 7.64. The zero-order valence-electron chi connectivity index (χ0n) is 13.5. The lowest BCUT2D eigenvalue weighted by Gasteiger charge is -2.26. The Morgan fingerprint density at radius 1 is 1.27 bits per heavy atom. The summed E-state index contributed by atoms with van der Waals surface area (Å²) in [4.78, 5) is 21.1. The number of aryl methyl sites for hydroxylation is 1. The van der Waals surface area contributed by atoms with Gasteiger partial charge in [0.15, 0.2) is 5.96 Å². The maximum Gasteiger partial charge on any atom is 0.244 e. The van der Waals surface area contributed by atoms with Gasteiger partial charge in [-0.3, -0.25) is 4.79 Å². The summed E-state index contributed by atoms with van der Waals surface area (Å²) in [7, 11) is 0. The molecule has 1 aliphatic rings. The van der Waals surface area contributed by atoms with Crippen molar-refractivity contribution in [2.75, 3.05) is 26.2 Å². The van der Waals surface area contributed by atoms with E-state index in [1.54, 1.807) is 11.3 Å². The Morgan fingerprint density at radius 2 is 2.05 bits per heavy atom. The number of hydrogen-bond donors (Lipinski definition) is 2. The third-order valence-electron chi connectivity index (χ3n) is 3.65. The quantitative estimate of drug-likeness (QED) is 0.645. The average Bonchev–Trinajstić information content (AvgIpc) is 2.96. The van der Waals surface area contributed by atoms with Gasteiger partial charge in [0.2, 0.25) is 5.91 Å². The van der Waals surface area contributed by atoms with Gasteiger partial charge in [-0.2, -0.15) is 0 Å². The van der Waals surface area contributed by atoms with Gasteiger partial charge in [0.05, 0.1) is 6.54 Å². The molecule has 1 aliphatic heterocycles. The molecule has 122 valence electrons. The summed E-state index contributed by atoms with van der Waals surface area (Å²) in [5.41, 5.74) is 0. The van der Waals surface area contributed by atoms with Gasteiger partial charge in [-0.25, -0.2) is 4.99 Å². The van der Waals surface area contributed by atoms with Crippen LogP contribution in [-0.4, -0.2) is 42.9 Å². The van der Waals surface area contributed by atoms with Crippen molar-refractivity contribution in [2.45, 2.75) is 39.7 Å². The summed E-state index contributed by atoms with van der Waals surface area (Å²) >= 11 is 1.77. The van der Waals surface area contributed by atoms with Gasteiger partial charge < -0.3 is 15.5 Å². The summed E-state index contributed by atoms with van der Waals surface area (Å²) in [6, 6.07) is 4.24. The van der Waals surface area contributed by atoms with Crippen LogP contribution < -0.4 is 10.6 Å². The molecule has 1 saturated heterocycles. The number of carbonyl (C=O) groups excluding carboxylic acids is 1. The lowest BCUT2D eigenvalue weighted by Crippen LogP contribution is -2.40. The maximum atomic E-state index is 12.1. The number of nitrogens with zero attached hydrogens (tertiary/aromatic N) is 2. The standard InChI is InChI=1S/C16H26N4OS/c1-3-17-16(18-11-14-8-7-13(2)22-14)19-12-15(21)20-9-5-4-6-10-20/h7-8H,3-6,9-12H2,1-2H3,(H2,17,18,19). The molecular weight excluding hydrogens is 296 g/mol. The van der Waals surface area contributed by atoms with Crippen LogP contribution in [0.5, 0.6) is 0 Å². The second kappa shape index (κ2) is 8.78. The minimum atomic E-state index is 0.129. The van der Waals surface area contributed by atoms with Crippen LogP contribution in [0.4, 0.5) is 0 Å². The molecule has 0 spiro atoms. The van der Waals surface area contributed by atoms with Crippen molar-refractivity contribution in [1.29, 1.82) is 0 Å². The number of guanidine groups is 1. The van der Waals surface area contributed by atoms with Crippen LogP contribution in [0, 0.1) is 6.92 Å². The number of thiophene rings is 1. The second-order valence-corrected chi connectivity index (χ2v) is 6.87. The highest BCUT2D eigenvalue weighted by Crippen LogP contribution is 2.14. The van der Waals surface area contributed by atoms with E-state index in [0.717, 1.165) is 39.0 Å². The Morgan fingerprint density at radius 3 is 2.68 bits per heavy atom. The van der Waals surface area contributed by atoms with Gasteiger partial charge in [-0.1, -0.05) is 0 Å². The Balaban J connectivity index is 1.84. The minimum Gasteiger partial charge on any atom is -0.357 e. The summed E-state index contributed by atoms with van der Waals surface area (Å²) in [6.07, 6.45) is 3.47. The Bertz CT molecular complexity index is 506. The van der Waals surface area contributed by atoms with Crippen molar-refractivity contribution < 1.29 is 4.79 Å². The lowest BCUT2D eigenvalue weighted by molar-refractivity contribution is -0.130. The molecule has 1 aromatic heterocycles. The molecule has 1 fully saturated rings. The lowest BCUT2D eigenvalue weighted by atomic mass is 10.1. The van der Waals surface area contributed by atoms with Crippen molar-refractivity contribution in [1.82, 2.24) is 15.5 Å². The van der Waals surface area contributed by atoms with Crippen LogP contribution in [0.1, 0.15) is 35.9 Å². The highest BCUT2D eigenvalue weighted by Gasteiger charge is 2.15. The zero-order valence-corrected chi connectivity index (χ0v) is 14.3. The summed E-state index contributed by atoms with van der Waals surface area (Å²) in [5.74, 6) is 0.836. The smallest absolute Gasteiger partial charge is 0.244 e. The molecular formula is C16H26N4OS. The number of carbonyl (C=O) groups is 1. The van der Waals surface area contributed by atoms with Crippen molar-refractivity contribution in [2.24, 2.45) is 4.99 Å². The number of hydrogen-bond acceptors (Lipinski definition) is 3. The topological polar surface area (TPSA) is 56.7 Å². The molecule has 1 amide bonds. The maximum absolute atomic E-state index is 12.1. The van der Waals surface area contributed by atoms with Crippen molar-refractivity contribution >= 4 is 23.2 Å². The van der Waals surface area contributed by atoms with Crippen molar-refractivity contribution in [3.63, 3.8) is 0 Å². The number of aliphatic imine (C=N–C) groups is 1. The molecule has 6 heteroatoms. The van der Waals surface area contributed by atoms with Crippen molar-refractivity contribution in [3.8, 4) is 0 Å². The molecule has 0 aromatic carbocycles. The third kappa shape index (κ3) is 5.33. The first-order valence-electron chi connectivity index (χ1n) is 8.04. The molecule has 0 atom stereocenters.